The topological polar surface area (TPSA) is 113 Å². The molecule has 1 N–H and O–H groups in total. The van der Waals surface area contributed by atoms with Gasteiger partial charge in [0.05, 0.1) is 31.6 Å². The fraction of sp³-hybridized carbons (Fsp3) is 0.367. The zero-order valence-corrected chi connectivity index (χ0v) is 25.9. The molecule has 0 spiro atoms. The SMILES string of the molecule is CCC[C@@H](C)C(=O)N[C@H]1CN(C(=O)CS(C)(=O)=O)c2ccccc2N(Cc2c(OC)ccc3cc(Br)ccc23)C1=O. The summed E-state index contributed by atoms with van der Waals surface area (Å²) < 4.78 is 30.8. The van der Waals surface area contributed by atoms with Gasteiger partial charge in [-0.1, -0.05) is 60.5 Å². The number of carbonyl (C=O) groups excluding carboxylic acids is 3. The number of rotatable bonds is 9. The van der Waals surface area contributed by atoms with Crippen LogP contribution in [0.2, 0.25) is 0 Å². The van der Waals surface area contributed by atoms with Crippen molar-refractivity contribution in [3.05, 3.63) is 64.6 Å². The van der Waals surface area contributed by atoms with E-state index in [-0.39, 0.29) is 24.9 Å². The van der Waals surface area contributed by atoms with E-state index in [2.05, 4.69) is 21.2 Å². The Balaban J connectivity index is 1.86. The number of anilines is 2. The minimum atomic E-state index is -3.66. The second-order valence-electron chi connectivity index (χ2n) is 10.4. The molecule has 4 rings (SSSR count). The zero-order valence-electron chi connectivity index (χ0n) is 23.5. The summed E-state index contributed by atoms with van der Waals surface area (Å²) in [6.45, 7) is 3.65. The van der Waals surface area contributed by atoms with Crippen LogP contribution < -0.4 is 19.9 Å². The van der Waals surface area contributed by atoms with Gasteiger partial charge < -0.3 is 19.9 Å². The number of ether oxygens (including phenoxy) is 1. The van der Waals surface area contributed by atoms with Gasteiger partial charge in [0.2, 0.25) is 11.8 Å². The first-order chi connectivity index (χ1) is 19.4. The Kier molecular flexibility index (Phi) is 9.38. The fourth-order valence-electron chi connectivity index (χ4n) is 5.13. The maximum absolute atomic E-state index is 14.3. The molecule has 9 nitrogen and oxygen atoms in total. The van der Waals surface area contributed by atoms with Gasteiger partial charge >= 0.3 is 0 Å². The van der Waals surface area contributed by atoms with Gasteiger partial charge in [0, 0.05) is 22.2 Å². The summed E-state index contributed by atoms with van der Waals surface area (Å²) in [7, 11) is -2.10. The Morgan fingerprint density at radius 1 is 1.12 bits per heavy atom. The average molecular weight is 645 g/mol. The molecule has 1 aliphatic heterocycles. The maximum atomic E-state index is 14.3. The van der Waals surface area contributed by atoms with Gasteiger partial charge in [-0.2, -0.15) is 0 Å². The predicted octanol–water partition coefficient (Wildman–Crippen LogP) is 4.46. The highest BCUT2D eigenvalue weighted by molar-refractivity contribution is 9.10. The molecule has 0 fully saturated rings. The lowest BCUT2D eigenvalue weighted by Gasteiger charge is -2.27. The normalized spacial score (nSPS) is 16.2. The van der Waals surface area contributed by atoms with Crippen molar-refractivity contribution in [2.24, 2.45) is 5.92 Å². The molecule has 1 heterocycles. The van der Waals surface area contributed by atoms with Gasteiger partial charge in [-0.15, -0.1) is 0 Å². The first-order valence-corrected chi connectivity index (χ1v) is 16.2. The molecule has 3 aromatic carbocycles. The highest BCUT2D eigenvalue weighted by Gasteiger charge is 2.38. The summed E-state index contributed by atoms with van der Waals surface area (Å²) in [4.78, 5) is 43.6. The second-order valence-corrected chi connectivity index (χ2v) is 13.4. The van der Waals surface area contributed by atoms with E-state index in [1.54, 1.807) is 38.3 Å². The van der Waals surface area contributed by atoms with E-state index in [4.69, 9.17) is 4.74 Å². The number of fused-ring (bicyclic) bond motifs is 2. The lowest BCUT2D eigenvalue weighted by atomic mass is 10.0. The molecule has 218 valence electrons. The van der Waals surface area contributed by atoms with Crippen LogP contribution in [0.4, 0.5) is 11.4 Å². The molecule has 0 saturated heterocycles. The molecule has 41 heavy (non-hydrogen) atoms. The number of benzene rings is 3. The number of hydrogen-bond donors (Lipinski definition) is 1. The molecule has 2 atom stereocenters. The number of carbonyl (C=O) groups is 3. The molecule has 0 aromatic heterocycles. The summed E-state index contributed by atoms with van der Waals surface area (Å²) in [6.07, 6.45) is 2.42. The van der Waals surface area contributed by atoms with E-state index in [9.17, 15) is 22.8 Å². The number of para-hydroxylation sites is 2. The summed E-state index contributed by atoms with van der Waals surface area (Å²) in [5.74, 6) is -1.89. The average Bonchev–Trinajstić information content (AvgIpc) is 3.03. The molecular weight excluding hydrogens is 610 g/mol. The van der Waals surface area contributed by atoms with Gasteiger partial charge in [0.1, 0.15) is 17.5 Å². The summed E-state index contributed by atoms with van der Waals surface area (Å²) in [5.41, 5.74) is 1.56. The third-order valence-corrected chi connectivity index (χ3v) is 8.42. The van der Waals surface area contributed by atoms with Crippen molar-refractivity contribution < 1.29 is 27.5 Å². The monoisotopic (exact) mass is 643 g/mol. The predicted molar refractivity (Wildman–Crippen MR) is 164 cm³/mol. The Hall–Kier alpha value is -3.44. The van der Waals surface area contributed by atoms with Gasteiger partial charge in [0.15, 0.2) is 9.84 Å². The highest BCUT2D eigenvalue weighted by Crippen LogP contribution is 2.37. The number of methoxy groups -OCH3 is 1. The summed E-state index contributed by atoms with van der Waals surface area (Å²) in [5, 5.41) is 4.67. The number of hydrogen-bond acceptors (Lipinski definition) is 6. The quantitative estimate of drug-likeness (QED) is 0.368. The van der Waals surface area contributed by atoms with Crippen LogP contribution in [0.5, 0.6) is 5.75 Å². The molecular formula is C30H34BrN3O6S. The second kappa shape index (κ2) is 12.6. The van der Waals surface area contributed by atoms with E-state index < -0.39 is 33.4 Å². The van der Waals surface area contributed by atoms with Gasteiger partial charge in [0.25, 0.3) is 5.91 Å². The largest absolute Gasteiger partial charge is 0.496 e. The van der Waals surface area contributed by atoms with E-state index in [1.807, 2.05) is 37.3 Å². The summed E-state index contributed by atoms with van der Waals surface area (Å²) >= 11 is 3.51. The molecule has 0 aliphatic carbocycles. The summed E-state index contributed by atoms with van der Waals surface area (Å²) in [6, 6.07) is 15.4. The number of sulfone groups is 1. The lowest BCUT2D eigenvalue weighted by Crippen LogP contribution is -2.54. The van der Waals surface area contributed by atoms with E-state index in [1.165, 1.54) is 9.80 Å². The Labute approximate surface area is 248 Å². The fourth-order valence-corrected chi connectivity index (χ4v) is 6.11. The molecule has 0 radical (unpaired) electrons. The smallest absolute Gasteiger partial charge is 0.251 e. The molecule has 0 bridgehead atoms. The molecule has 11 heteroatoms. The Morgan fingerprint density at radius 2 is 1.83 bits per heavy atom. The van der Waals surface area contributed by atoms with Crippen molar-refractivity contribution in [2.75, 3.05) is 35.5 Å². The van der Waals surface area contributed by atoms with Gasteiger partial charge in [-0.05, 0) is 47.5 Å². The van der Waals surface area contributed by atoms with Crippen LogP contribution >= 0.6 is 15.9 Å². The molecule has 1 aliphatic rings. The van der Waals surface area contributed by atoms with Crippen molar-refractivity contribution in [2.45, 2.75) is 39.3 Å². The van der Waals surface area contributed by atoms with E-state index >= 15 is 0 Å². The maximum Gasteiger partial charge on any atom is 0.251 e. The van der Waals surface area contributed by atoms with Crippen LogP contribution in [-0.4, -0.2) is 57.8 Å². The highest BCUT2D eigenvalue weighted by atomic mass is 79.9. The van der Waals surface area contributed by atoms with Crippen molar-refractivity contribution in [3.8, 4) is 5.75 Å². The minimum absolute atomic E-state index is 0.0863. The molecule has 3 amide bonds. The third kappa shape index (κ3) is 6.90. The first kappa shape index (κ1) is 30.5. The van der Waals surface area contributed by atoms with Crippen LogP contribution in [0.25, 0.3) is 10.8 Å². The number of nitrogens with zero attached hydrogens (tertiary/aromatic N) is 2. The van der Waals surface area contributed by atoms with Crippen LogP contribution in [0.15, 0.2) is 59.1 Å². The van der Waals surface area contributed by atoms with Crippen molar-refractivity contribution in [3.63, 3.8) is 0 Å². The van der Waals surface area contributed by atoms with Crippen LogP contribution in [0, 0.1) is 5.92 Å². The lowest BCUT2D eigenvalue weighted by molar-refractivity contribution is -0.130. The number of halogens is 1. The van der Waals surface area contributed by atoms with E-state index in [0.717, 1.165) is 33.5 Å². The van der Waals surface area contributed by atoms with Crippen molar-refractivity contribution >= 4 is 65.6 Å². The Bertz CT molecular complexity index is 1590. The minimum Gasteiger partial charge on any atom is -0.496 e. The standard InChI is InChI=1S/C30H34BrN3O6S/c1-5-8-19(2)29(36)32-24-17-33(28(35)18-41(4,38)39)25-9-6-7-10-26(25)34(30(24)37)16-23-22-13-12-21(31)15-20(22)11-14-27(23)40-3/h6-7,9-15,19,24H,5,8,16-18H2,1-4H3,(H,32,36)/t19-,24+/m1/s1. The number of amides is 3. The van der Waals surface area contributed by atoms with Crippen molar-refractivity contribution in [1.29, 1.82) is 0 Å². The third-order valence-electron chi connectivity index (χ3n) is 7.15. The van der Waals surface area contributed by atoms with Crippen LogP contribution in [-0.2, 0) is 30.8 Å². The molecule has 3 aromatic rings. The van der Waals surface area contributed by atoms with Gasteiger partial charge in [-0.3, -0.25) is 14.4 Å². The molecule has 0 saturated carbocycles. The van der Waals surface area contributed by atoms with Crippen LogP contribution in [0.3, 0.4) is 0 Å². The molecule has 0 unspecified atom stereocenters. The first-order valence-electron chi connectivity index (χ1n) is 13.4. The number of nitrogens with one attached hydrogen (secondary N) is 1. The van der Waals surface area contributed by atoms with E-state index in [0.29, 0.717) is 23.5 Å². The Morgan fingerprint density at radius 3 is 2.49 bits per heavy atom. The van der Waals surface area contributed by atoms with Gasteiger partial charge in [-0.25, -0.2) is 8.42 Å². The van der Waals surface area contributed by atoms with Crippen LogP contribution in [0.1, 0.15) is 32.3 Å². The van der Waals surface area contributed by atoms with Crippen molar-refractivity contribution in [1.82, 2.24) is 5.32 Å². The zero-order chi connectivity index (χ0) is 29.9.